The van der Waals surface area contributed by atoms with Crippen molar-refractivity contribution in [2.75, 3.05) is 6.61 Å². The van der Waals surface area contributed by atoms with Crippen molar-refractivity contribution in [3.63, 3.8) is 0 Å². The summed E-state index contributed by atoms with van der Waals surface area (Å²) in [6.07, 6.45) is -4.80. The quantitative estimate of drug-likeness (QED) is 0.696. The number of carbonyl (C=O) groups is 2. The first-order valence-corrected chi connectivity index (χ1v) is 8.66. The lowest BCUT2D eigenvalue weighted by atomic mass is 10.0. The molecular weight excluding hydrogens is 365 g/mol. The first-order valence-electron chi connectivity index (χ1n) is 8.66. The predicted molar refractivity (Wildman–Crippen MR) is 90.7 cm³/mol. The summed E-state index contributed by atoms with van der Waals surface area (Å²) in [5.74, 6) is -1.04. The second-order valence-electron chi connectivity index (χ2n) is 6.90. The average molecular weight is 388 g/mol. The monoisotopic (exact) mass is 388 g/mol. The van der Waals surface area contributed by atoms with Gasteiger partial charge < -0.3 is 20.5 Å². The summed E-state index contributed by atoms with van der Waals surface area (Å²) in [7, 11) is 0. The van der Waals surface area contributed by atoms with Crippen LogP contribution < -0.4 is 10.6 Å². The first-order chi connectivity index (χ1) is 12.6. The SMILES string of the molecule is CC(C)C[C@H](NC(=O)c1ccc(C(F)(F)F)cc1)C(=O)N[C@H]1CCOC1O. The van der Waals surface area contributed by atoms with Crippen LogP contribution in [0.3, 0.4) is 0 Å². The minimum atomic E-state index is -4.49. The Hall–Kier alpha value is -2.13. The van der Waals surface area contributed by atoms with Gasteiger partial charge in [0.15, 0.2) is 6.29 Å². The Morgan fingerprint density at radius 3 is 2.37 bits per heavy atom. The van der Waals surface area contributed by atoms with Crippen molar-refractivity contribution in [3.8, 4) is 0 Å². The van der Waals surface area contributed by atoms with Gasteiger partial charge in [0, 0.05) is 5.56 Å². The molecule has 0 saturated carbocycles. The minimum absolute atomic E-state index is 0.0220. The summed E-state index contributed by atoms with van der Waals surface area (Å²) in [6, 6.07) is 2.33. The number of alkyl halides is 3. The third kappa shape index (κ3) is 5.93. The molecule has 9 heteroatoms. The van der Waals surface area contributed by atoms with Crippen LogP contribution in [0.5, 0.6) is 0 Å². The number of benzene rings is 1. The van der Waals surface area contributed by atoms with Crippen LogP contribution >= 0.6 is 0 Å². The zero-order valence-electron chi connectivity index (χ0n) is 15.0. The largest absolute Gasteiger partial charge is 0.416 e. The maximum Gasteiger partial charge on any atom is 0.416 e. The molecule has 150 valence electrons. The van der Waals surface area contributed by atoms with Crippen molar-refractivity contribution in [3.05, 3.63) is 35.4 Å². The number of rotatable bonds is 6. The highest BCUT2D eigenvalue weighted by molar-refractivity contribution is 5.97. The summed E-state index contributed by atoms with van der Waals surface area (Å²) < 4.78 is 42.8. The van der Waals surface area contributed by atoms with Gasteiger partial charge in [-0.25, -0.2) is 0 Å². The molecule has 1 unspecified atom stereocenters. The molecule has 0 aliphatic carbocycles. The molecule has 1 aliphatic rings. The third-order valence-corrected chi connectivity index (χ3v) is 4.19. The minimum Gasteiger partial charge on any atom is -0.366 e. The van der Waals surface area contributed by atoms with Gasteiger partial charge in [-0.1, -0.05) is 13.8 Å². The van der Waals surface area contributed by atoms with Crippen LogP contribution in [0.4, 0.5) is 13.2 Å². The van der Waals surface area contributed by atoms with Crippen molar-refractivity contribution in [1.29, 1.82) is 0 Å². The lowest BCUT2D eigenvalue weighted by molar-refractivity contribution is -0.137. The maximum absolute atomic E-state index is 12.6. The summed E-state index contributed by atoms with van der Waals surface area (Å²) >= 11 is 0. The van der Waals surface area contributed by atoms with Crippen LogP contribution in [0.25, 0.3) is 0 Å². The Kier molecular flexibility index (Phi) is 6.83. The van der Waals surface area contributed by atoms with Gasteiger partial charge in [-0.3, -0.25) is 9.59 Å². The van der Waals surface area contributed by atoms with Gasteiger partial charge in [0.1, 0.15) is 6.04 Å². The number of aliphatic hydroxyl groups is 1. The Morgan fingerprint density at radius 2 is 1.89 bits per heavy atom. The van der Waals surface area contributed by atoms with E-state index in [-0.39, 0.29) is 11.5 Å². The van der Waals surface area contributed by atoms with E-state index >= 15 is 0 Å². The molecule has 1 aliphatic heterocycles. The van der Waals surface area contributed by atoms with Crippen molar-refractivity contribution in [1.82, 2.24) is 10.6 Å². The topological polar surface area (TPSA) is 87.7 Å². The first kappa shape index (κ1) is 21.2. The lowest BCUT2D eigenvalue weighted by Gasteiger charge is -2.23. The van der Waals surface area contributed by atoms with Gasteiger partial charge in [-0.05, 0) is 43.0 Å². The van der Waals surface area contributed by atoms with Crippen LogP contribution in [-0.2, 0) is 15.7 Å². The number of hydrogen-bond donors (Lipinski definition) is 3. The zero-order chi connectivity index (χ0) is 20.2. The molecule has 27 heavy (non-hydrogen) atoms. The van der Waals surface area contributed by atoms with E-state index < -0.39 is 41.9 Å². The Balaban J connectivity index is 2.05. The van der Waals surface area contributed by atoms with E-state index in [1.807, 2.05) is 13.8 Å². The molecule has 1 aromatic carbocycles. The van der Waals surface area contributed by atoms with Gasteiger partial charge in [-0.2, -0.15) is 13.2 Å². The third-order valence-electron chi connectivity index (χ3n) is 4.19. The molecule has 3 atom stereocenters. The molecule has 0 radical (unpaired) electrons. The second-order valence-corrected chi connectivity index (χ2v) is 6.90. The standard InChI is InChI=1S/C18H23F3N2O4/c1-10(2)9-14(16(25)22-13-7-8-27-17(13)26)23-15(24)11-3-5-12(6-4-11)18(19,20)21/h3-6,10,13-14,17,26H,7-9H2,1-2H3,(H,22,25)(H,23,24)/t13-,14-,17?/m0/s1. The average Bonchev–Trinajstić information content (AvgIpc) is 2.98. The van der Waals surface area contributed by atoms with Crippen molar-refractivity contribution in [2.45, 2.75) is 51.2 Å². The Morgan fingerprint density at radius 1 is 1.26 bits per heavy atom. The smallest absolute Gasteiger partial charge is 0.366 e. The number of carbonyl (C=O) groups excluding carboxylic acids is 2. The van der Waals surface area contributed by atoms with Crippen LogP contribution in [0, 0.1) is 5.92 Å². The highest BCUT2D eigenvalue weighted by Gasteiger charge is 2.32. The molecule has 0 bridgehead atoms. The summed E-state index contributed by atoms with van der Waals surface area (Å²) in [5, 5.41) is 14.8. The van der Waals surface area contributed by atoms with E-state index in [4.69, 9.17) is 4.74 Å². The number of amides is 2. The number of aliphatic hydroxyl groups excluding tert-OH is 1. The molecule has 1 saturated heterocycles. The Labute approximate surface area is 155 Å². The molecular formula is C18H23F3N2O4. The normalized spacial score (nSPS) is 21.1. The summed E-state index contributed by atoms with van der Waals surface area (Å²) in [4.78, 5) is 24.8. The van der Waals surface area contributed by atoms with E-state index in [2.05, 4.69) is 10.6 Å². The fourth-order valence-electron chi connectivity index (χ4n) is 2.76. The predicted octanol–water partition coefficient (Wildman–Crippen LogP) is 2.07. The molecule has 2 rings (SSSR count). The van der Waals surface area contributed by atoms with Crippen LogP contribution in [0.1, 0.15) is 42.6 Å². The van der Waals surface area contributed by atoms with Crippen molar-refractivity contribution in [2.24, 2.45) is 5.92 Å². The van der Waals surface area contributed by atoms with Crippen LogP contribution in [0.15, 0.2) is 24.3 Å². The van der Waals surface area contributed by atoms with Gasteiger partial charge >= 0.3 is 6.18 Å². The molecule has 2 amide bonds. The summed E-state index contributed by atoms with van der Waals surface area (Å²) in [5.41, 5.74) is -0.834. The number of halogens is 3. The Bertz CT molecular complexity index is 662. The van der Waals surface area contributed by atoms with E-state index in [0.717, 1.165) is 24.3 Å². The maximum atomic E-state index is 12.6. The molecule has 1 heterocycles. The number of nitrogens with one attached hydrogen (secondary N) is 2. The van der Waals surface area contributed by atoms with E-state index in [0.29, 0.717) is 19.4 Å². The van der Waals surface area contributed by atoms with Crippen molar-refractivity contribution >= 4 is 11.8 Å². The van der Waals surface area contributed by atoms with Crippen LogP contribution in [0.2, 0.25) is 0 Å². The molecule has 3 N–H and O–H groups in total. The molecule has 6 nitrogen and oxygen atoms in total. The van der Waals surface area contributed by atoms with Gasteiger partial charge in [0.05, 0.1) is 18.2 Å². The van der Waals surface area contributed by atoms with E-state index in [1.165, 1.54) is 0 Å². The molecule has 1 fully saturated rings. The van der Waals surface area contributed by atoms with Crippen molar-refractivity contribution < 1.29 is 32.6 Å². The number of ether oxygens (including phenoxy) is 1. The van der Waals surface area contributed by atoms with Crippen LogP contribution in [-0.4, -0.2) is 41.9 Å². The number of hydrogen-bond acceptors (Lipinski definition) is 4. The molecule has 0 spiro atoms. The van der Waals surface area contributed by atoms with E-state index in [1.54, 1.807) is 0 Å². The fraction of sp³-hybridized carbons (Fsp3) is 0.556. The highest BCUT2D eigenvalue weighted by atomic mass is 19.4. The lowest BCUT2D eigenvalue weighted by Crippen LogP contribution is -2.51. The molecule has 0 aromatic heterocycles. The van der Waals surface area contributed by atoms with Gasteiger partial charge in [-0.15, -0.1) is 0 Å². The molecule has 1 aromatic rings. The highest BCUT2D eigenvalue weighted by Crippen LogP contribution is 2.29. The zero-order valence-corrected chi connectivity index (χ0v) is 15.0. The fourth-order valence-corrected chi connectivity index (χ4v) is 2.76. The summed E-state index contributed by atoms with van der Waals surface area (Å²) in [6.45, 7) is 4.06. The second kappa shape index (κ2) is 8.71. The van der Waals surface area contributed by atoms with Gasteiger partial charge in [0.25, 0.3) is 5.91 Å². The van der Waals surface area contributed by atoms with E-state index in [9.17, 15) is 27.9 Å². The van der Waals surface area contributed by atoms with Gasteiger partial charge in [0.2, 0.25) is 5.91 Å².